The van der Waals surface area contributed by atoms with Crippen LogP contribution < -0.4 is 0 Å². The molecule has 0 N–H and O–H groups in total. The molecule has 1 aliphatic carbocycles. The highest BCUT2D eigenvalue weighted by Gasteiger charge is 2.42. The van der Waals surface area contributed by atoms with Gasteiger partial charge in [-0.1, -0.05) is 55.1 Å². The number of carbonyl (C=O) groups excluding carboxylic acids is 1. The molecule has 5 rings (SSSR count). The molecule has 4 heteroatoms. The monoisotopic (exact) mass is 410 g/mol. The minimum atomic E-state index is -0.504. The van der Waals surface area contributed by atoms with E-state index in [1.165, 1.54) is 33.9 Å². The average molecular weight is 411 g/mol. The highest BCUT2D eigenvalue weighted by atomic mass is 16.5. The fourth-order valence-electron chi connectivity index (χ4n) is 5.43. The molecule has 3 aliphatic rings. The minimum Gasteiger partial charge on any atom is -0.381 e. The van der Waals surface area contributed by atoms with E-state index in [2.05, 4.69) is 61.2 Å². The summed E-state index contributed by atoms with van der Waals surface area (Å²) in [5.41, 5.74) is 7.36. The predicted molar refractivity (Wildman–Crippen MR) is 120 cm³/mol. The van der Waals surface area contributed by atoms with Gasteiger partial charge in [-0.15, -0.1) is 0 Å². The normalized spacial score (nSPS) is 23.1. The third-order valence-electron chi connectivity index (χ3n) is 6.98. The van der Waals surface area contributed by atoms with Gasteiger partial charge in [-0.05, 0) is 64.7 Å². The Balaban J connectivity index is 1.57. The van der Waals surface area contributed by atoms with E-state index in [9.17, 15) is 10.1 Å². The Morgan fingerprint density at radius 3 is 2.52 bits per heavy atom. The first-order chi connectivity index (χ1) is 15.2. The number of hydrogen-bond acceptors (Lipinski definition) is 3. The number of nitrogens with zero attached hydrogens (tertiary/aromatic N) is 2. The van der Waals surface area contributed by atoms with Crippen LogP contribution in [0.3, 0.4) is 0 Å². The standard InChI is InChI=1S/C27H26N2O2/c1-2-26(30)29-22(17-28)16-24-23-6-4-3-5-21(23)15-25(24)27(29)20-9-7-18(8-10-20)19-11-13-31-14-12-19/h2-10,19,22,27H,1,11-16H2/t22-,27+/m1/s1. The van der Waals surface area contributed by atoms with Crippen molar-refractivity contribution in [2.24, 2.45) is 0 Å². The second kappa shape index (κ2) is 8.17. The molecule has 0 radical (unpaired) electrons. The number of carbonyl (C=O) groups is 1. The zero-order valence-corrected chi connectivity index (χ0v) is 17.6. The smallest absolute Gasteiger partial charge is 0.247 e. The van der Waals surface area contributed by atoms with Crippen molar-refractivity contribution in [2.75, 3.05) is 13.2 Å². The van der Waals surface area contributed by atoms with Gasteiger partial charge in [0.1, 0.15) is 6.04 Å². The summed E-state index contributed by atoms with van der Waals surface area (Å²) in [7, 11) is 0. The Hall–Kier alpha value is -3.16. The molecule has 0 bridgehead atoms. The Labute approximate surface area is 183 Å². The summed E-state index contributed by atoms with van der Waals surface area (Å²) in [5, 5.41) is 9.94. The maximum absolute atomic E-state index is 12.9. The molecule has 0 spiro atoms. The summed E-state index contributed by atoms with van der Waals surface area (Å²) in [4.78, 5) is 14.7. The second-order valence-corrected chi connectivity index (χ2v) is 8.59. The van der Waals surface area contributed by atoms with Crippen LogP contribution in [-0.2, 0) is 16.0 Å². The van der Waals surface area contributed by atoms with Crippen LogP contribution in [0, 0.1) is 11.3 Å². The molecular weight excluding hydrogens is 384 g/mol. The Kier molecular flexibility index (Phi) is 5.21. The van der Waals surface area contributed by atoms with Gasteiger partial charge in [-0.3, -0.25) is 4.79 Å². The van der Waals surface area contributed by atoms with E-state index in [-0.39, 0.29) is 11.9 Å². The maximum atomic E-state index is 12.9. The second-order valence-electron chi connectivity index (χ2n) is 8.59. The van der Waals surface area contributed by atoms with Gasteiger partial charge in [0, 0.05) is 19.6 Å². The molecule has 2 heterocycles. The van der Waals surface area contributed by atoms with E-state index < -0.39 is 6.04 Å². The van der Waals surface area contributed by atoms with Crippen LogP contribution in [0.1, 0.15) is 53.5 Å². The van der Waals surface area contributed by atoms with Gasteiger partial charge >= 0.3 is 0 Å². The van der Waals surface area contributed by atoms with Gasteiger partial charge in [0.25, 0.3) is 0 Å². The first-order valence-corrected chi connectivity index (χ1v) is 11.0. The van der Waals surface area contributed by atoms with Crippen LogP contribution in [-0.4, -0.2) is 30.1 Å². The van der Waals surface area contributed by atoms with Gasteiger partial charge in [-0.25, -0.2) is 0 Å². The van der Waals surface area contributed by atoms with E-state index in [1.54, 1.807) is 4.90 Å². The number of ether oxygens (including phenoxy) is 1. The SMILES string of the molecule is C=CC(=O)N1[C@@H](c2ccc(C3CCOCC3)cc2)C2=C(C[C@@H]1C#N)c1ccccc1C2. The van der Waals surface area contributed by atoms with Crippen LogP contribution in [0.4, 0.5) is 0 Å². The average Bonchev–Trinajstić information content (AvgIpc) is 3.21. The van der Waals surface area contributed by atoms with Crippen molar-refractivity contribution >= 4 is 11.5 Å². The van der Waals surface area contributed by atoms with Gasteiger partial charge in [0.2, 0.25) is 5.91 Å². The third kappa shape index (κ3) is 3.40. The molecular formula is C27H26N2O2. The molecule has 2 aromatic carbocycles. The van der Waals surface area contributed by atoms with Crippen molar-refractivity contribution in [3.63, 3.8) is 0 Å². The summed E-state index contributed by atoms with van der Waals surface area (Å²) in [6, 6.07) is 18.7. The van der Waals surface area contributed by atoms with E-state index in [0.717, 1.165) is 38.0 Å². The molecule has 4 nitrogen and oxygen atoms in total. The number of amides is 1. The molecule has 1 amide bonds. The Morgan fingerprint density at radius 2 is 1.81 bits per heavy atom. The van der Waals surface area contributed by atoms with Crippen molar-refractivity contribution in [3.8, 4) is 6.07 Å². The molecule has 31 heavy (non-hydrogen) atoms. The van der Waals surface area contributed by atoms with Gasteiger partial charge in [0.05, 0.1) is 12.1 Å². The highest BCUT2D eigenvalue weighted by Crippen LogP contribution is 2.48. The molecule has 2 atom stereocenters. The van der Waals surface area contributed by atoms with E-state index in [0.29, 0.717) is 12.3 Å². The lowest BCUT2D eigenvalue weighted by atomic mass is 9.83. The topological polar surface area (TPSA) is 53.3 Å². The lowest BCUT2D eigenvalue weighted by Crippen LogP contribution is -2.45. The van der Waals surface area contributed by atoms with Crippen molar-refractivity contribution in [1.82, 2.24) is 4.90 Å². The molecule has 1 saturated heterocycles. The predicted octanol–water partition coefficient (Wildman–Crippen LogP) is 4.94. The van der Waals surface area contributed by atoms with Crippen LogP contribution in [0.25, 0.3) is 5.57 Å². The van der Waals surface area contributed by atoms with Crippen molar-refractivity contribution in [2.45, 2.75) is 43.7 Å². The number of hydrogen-bond donors (Lipinski definition) is 0. The van der Waals surface area contributed by atoms with Gasteiger partial charge in [-0.2, -0.15) is 5.26 Å². The Morgan fingerprint density at radius 1 is 1.10 bits per heavy atom. The molecule has 156 valence electrons. The van der Waals surface area contributed by atoms with Crippen molar-refractivity contribution in [3.05, 3.63) is 89.0 Å². The zero-order valence-electron chi connectivity index (χ0n) is 17.6. The highest BCUT2D eigenvalue weighted by molar-refractivity contribution is 5.90. The quantitative estimate of drug-likeness (QED) is 0.674. The number of benzene rings is 2. The minimum absolute atomic E-state index is 0.187. The zero-order chi connectivity index (χ0) is 21.4. The molecule has 0 saturated carbocycles. The van der Waals surface area contributed by atoms with E-state index >= 15 is 0 Å². The first-order valence-electron chi connectivity index (χ1n) is 11.0. The van der Waals surface area contributed by atoms with Gasteiger partial charge < -0.3 is 9.64 Å². The number of fused-ring (bicyclic) bond motifs is 2. The molecule has 0 aromatic heterocycles. The summed E-state index contributed by atoms with van der Waals surface area (Å²) >= 11 is 0. The fraction of sp³-hybridized carbons (Fsp3) is 0.333. The lowest BCUT2D eigenvalue weighted by molar-refractivity contribution is -0.129. The third-order valence-corrected chi connectivity index (χ3v) is 6.98. The molecule has 0 unspecified atom stereocenters. The first kappa shape index (κ1) is 19.8. The van der Waals surface area contributed by atoms with Crippen LogP contribution >= 0.6 is 0 Å². The van der Waals surface area contributed by atoms with Gasteiger partial charge in [0.15, 0.2) is 0 Å². The summed E-state index contributed by atoms with van der Waals surface area (Å²) in [6.07, 6.45) is 4.81. The van der Waals surface area contributed by atoms with Crippen molar-refractivity contribution < 1.29 is 9.53 Å². The number of nitriles is 1. The van der Waals surface area contributed by atoms with Crippen LogP contribution in [0.5, 0.6) is 0 Å². The molecule has 2 aliphatic heterocycles. The molecule has 1 fully saturated rings. The summed E-state index contributed by atoms with van der Waals surface area (Å²) in [5.74, 6) is 0.338. The largest absolute Gasteiger partial charge is 0.381 e. The molecule has 2 aromatic rings. The number of rotatable bonds is 3. The van der Waals surface area contributed by atoms with E-state index in [4.69, 9.17) is 4.74 Å². The summed E-state index contributed by atoms with van der Waals surface area (Å²) < 4.78 is 5.50. The lowest BCUT2D eigenvalue weighted by Gasteiger charge is -2.40. The summed E-state index contributed by atoms with van der Waals surface area (Å²) in [6.45, 7) is 5.33. The Bertz CT molecular complexity index is 1090. The van der Waals surface area contributed by atoms with E-state index in [1.807, 2.05) is 0 Å². The maximum Gasteiger partial charge on any atom is 0.247 e. The fourth-order valence-corrected chi connectivity index (χ4v) is 5.43. The van der Waals surface area contributed by atoms with Crippen molar-refractivity contribution in [1.29, 1.82) is 5.26 Å². The van der Waals surface area contributed by atoms with Crippen LogP contribution in [0.2, 0.25) is 0 Å². The van der Waals surface area contributed by atoms with Crippen LogP contribution in [0.15, 0.2) is 66.8 Å².